The standard InChI is InChI=1S/C14H21F3N2S/c1-2-6-18-13-5-3-4-11-9-19(10-12(11)13)7-8-20-14(15,16)17/h9-10,13,18H,2-8H2,1H3. The predicted molar refractivity (Wildman–Crippen MR) is 76.9 cm³/mol. The molecule has 0 amide bonds. The van der Waals surface area contributed by atoms with Gasteiger partial charge in [0.2, 0.25) is 0 Å². The fourth-order valence-electron chi connectivity index (χ4n) is 2.67. The van der Waals surface area contributed by atoms with E-state index < -0.39 is 5.51 Å². The fraction of sp³-hybridized carbons (Fsp3) is 0.714. The lowest BCUT2D eigenvalue weighted by atomic mass is 9.91. The third-order valence-corrected chi connectivity index (χ3v) is 4.28. The summed E-state index contributed by atoms with van der Waals surface area (Å²) in [5.41, 5.74) is -1.55. The first-order valence-corrected chi connectivity index (χ1v) is 8.11. The number of nitrogens with one attached hydrogen (secondary N) is 1. The molecule has 2 rings (SSSR count). The first-order chi connectivity index (χ1) is 9.49. The summed E-state index contributed by atoms with van der Waals surface area (Å²) in [6.07, 6.45) is 8.45. The minimum absolute atomic E-state index is 0.0526. The molecule has 0 spiro atoms. The Morgan fingerprint density at radius 2 is 2.20 bits per heavy atom. The van der Waals surface area contributed by atoms with Crippen molar-refractivity contribution in [2.75, 3.05) is 12.3 Å². The van der Waals surface area contributed by atoms with Crippen LogP contribution < -0.4 is 5.32 Å². The number of alkyl halides is 3. The summed E-state index contributed by atoms with van der Waals surface area (Å²) in [5, 5.41) is 3.52. The van der Waals surface area contributed by atoms with Gasteiger partial charge in [-0.3, -0.25) is 0 Å². The van der Waals surface area contributed by atoms with Crippen molar-refractivity contribution in [2.45, 2.75) is 50.7 Å². The Morgan fingerprint density at radius 3 is 2.90 bits per heavy atom. The van der Waals surface area contributed by atoms with Crippen molar-refractivity contribution in [3.05, 3.63) is 23.5 Å². The van der Waals surface area contributed by atoms with Gasteiger partial charge in [-0.25, -0.2) is 0 Å². The van der Waals surface area contributed by atoms with Crippen LogP contribution in [0, 0.1) is 0 Å². The molecule has 0 saturated carbocycles. The van der Waals surface area contributed by atoms with E-state index in [1.807, 2.05) is 17.0 Å². The number of nitrogens with zero attached hydrogens (tertiary/aromatic N) is 1. The molecule has 6 heteroatoms. The molecule has 1 N–H and O–H groups in total. The minimum atomic E-state index is -4.13. The zero-order valence-electron chi connectivity index (χ0n) is 11.7. The van der Waals surface area contributed by atoms with Crippen LogP contribution in [0.3, 0.4) is 0 Å². The van der Waals surface area contributed by atoms with Crippen LogP contribution in [0.4, 0.5) is 13.2 Å². The summed E-state index contributed by atoms with van der Waals surface area (Å²) < 4.78 is 38.3. The lowest BCUT2D eigenvalue weighted by Crippen LogP contribution is -2.24. The van der Waals surface area contributed by atoms with Crippen molar-refractivity contribution in [3.8, 4) is 0 Å². The molecule has 0 aromatic carbocycles. The number of rotatable bonds is 6. The van der Waals surface area contributed by atoms with Gasteiger partial charge in [-0.15, -0.1) is 0 Å². The zero-order valence-corrected chi connectivity index (χ0v) is 12.5. The van der Waals surface area contributed by atoms with Gasteiger partial charge in [0, 0.05) is 30.7 Å². The van der Waals surface area contributed by atoms with E-state index in [2.05, 4.69) is 12.2 Å². The molecular formula is C14H21F3N2S. The van der Waals surface area contributed by atoms with E-state index in [-0.39, 0.29) is 17.5 Å². The van der Waals surface area contributed by atoms with Gasteiger partial charge in [0.05, 0.1) is 0 Å². The highest BCUT2D eigenvalue weighted by Gasteiger charge is 2.27. The molecule has 0 bridgehead atoms. The second kappa shape index (κ2) is 6.89. The van der Waals surface area contributed by atoms with Crippen molar-refractivity contribution < 1.29 is 13.2 Å². The number of aryl methyl sites for hydroxylation is 2. The first kappa shape index (κ1) is 15.8. The number of aromatic nitrogens is 1. The van der Waals surface area contributed by atoms with E-state index in [1.54, 1.807) is 0 Å². The molecule has 0 aliphatic heterocycles. The second-order valence-corrected chi connectivity index (χ2v) is 6.33. The summed E-state index contributed by atoms with van der Waals surface area (Å²) in [7, 11) is 0. The Labute approximate surface area is 122 Å². The summed E-state index contributed by atoms with van der Waals surface area (Å²) >= 11 is 0.0526. The van der Waals surface area contributed by atoms with Gasteiger partial charge in [0.25, 0.3) is 0 Å². The van der Waals surface area contributed by atoms with Crippen molar-refractivity contribution in [1.82, 2.24) is 9.88 Å². The van der Waals surface area contributed by atoms with Gasteiger partial charge in [0.1, 0.15) is 0 Å². The smallest absolute Gasteiger partial charge is 0.353 e. The van der Waals surface area contributed by atoms with E-state index in [0.717, 1.165) is 32.2 Å². The number of hydrogen-bond donors (Lipinski definition) is 1. The van der Waals surface area contributed by atoms with E-state index in [4.69, 9.17) is 0 Å². The van der Waals surface area contributed by atoms with Crippen molar-refractivity contribution in [3.63, 3.8) is 0 Å². The molecule has 1 atom stereocenters. The van der Waals surface area contributed by atoms with Gasteiger partial charge < -0.3 is 9.88 Å². The molecule has 1 aromatic heterocycles. The summed E-state index contributed by atoms with van der Waals surface area (Å²) in [6.45, 7) is 3.53. The molecule has 114 valence electrons. The lowest BCUT2D eigenvalue weighted by Gasteiger charge is -2.23. The lowest BCUT2D eigenvalue weighted by molar-refractivity contribution is -0.0328. The molecule has 2 nitrogen and oxygen atoms in total. The van der Waals surface area contributed by atoms with Crippen LogP contribution in [0.2, 0.25) is 0 Å². The monoisotopic (exact) mass is 306 g/mol. The minimum Gasteiger partial charge on any atom is -0.353 e. The van der Waals surface area contributed by atoms with Crippen molar-refractivity contribution >= 4 is 11.8 Å². The summed E-state index contributed by atoms with van der Waals surface area (Å²) in [6, 6.07) is 0.371. The Hall–Kier alpha value is -0.620. The predicted octanol–water partition coefficient (Wildman–Crippen LogP) is 4.12. The van der Waals surface area contributed by atoms with Crippen molar-refractivity contribution in [1.29, 1.82) is 0 Å². The average molecular weight is 306 g/mol. The van der Waals surface area contributed by atoms with Crippen LogP contribution in [0.1, 0.15) is 43.4 Å². The molecule has 1 unspecified atom stereocenters. The molecule has 0 saturated heterocycles. The van der Waals surface area contributed by atoms with Gasteiger partial charge in [-0.1, -0.05) is 6.92 Å². The van der Waals surface area contributed by atoms with Crippen molar-refractivity contribution in [2.24, 2.45) is 0 Å². The Balaban J connectivity index is 1.95. The van der Waals surface area contributed by atoms with Gasteiger partial charge in [-0.05, 0) is 55.1 Å². The van der Waals surface area contributed by atoms with E-state index in [0.29, 0.717) is 12.6 Å². The normalized spacial score (nSPS) is 19.1. The quantitative estimate of drug-likeness (QED) is 0.851. The van der Waals surface area contributed by atoms with Crippen LogP contribution in [0.25, 0.3) is 0 Å². The van der Waals surface area contributed by atoms with E-state index >= 15 is 0 Å². The number of halogens is 3. The first-order valence-electron chi connectivity index (χ1n) is 7.12. The Morgan fingerprint density at radius 1 is 1.40 bits per heavy atom. The van der Waals surface area contributed by atoms with Crippen LogP contribution >= 0.6 is 11.8 Å². The van der Waals surface area contributed by atoms with Gasteiger partial charge >= 0.3 is 5.51 Å². The molecular weight excluding hydrogens is 285 g/mol. The van der Waals surface area contributed by atoms with Crippen LogP contribution in [-0.2, 0) is 13.0 Å². The molecule has 1 aliphatic carbocycles. The van der Waals surface area contributed by atoms with E-state index in [1.165, 1.54) is 11.1 Å². The maximum absolute atomic E-state index is 12.1. The molecule has 1 aromatic rings. The largest absolute Gasteiger partial charge is 0.441 e. The van der Waals surface area contributed by atoms with Crippen LogP contribution in [0.15, 0.2) is 12.4 Å². The molecule has 20 heavy (non-hydrogen) atoms. The third-order valence-electron chi connectivity index (χ3n) is 3.57. The zero-order chi connectivity index (χ0) is 14.6. The summed E-state index contributed by atoms with van der Waals surface area (Å²) in [5.74, 6) is 0.0735. The molecule has 1 aliphatic rings. The molecule has 0 radical (unpaired) electrons. The SMILES string of the molecule is CCCNC1CCCc2cn(CCSC(F)(F)F)cc21. The number of fused-ring (bicyclic) bond motifs is 1. The van der Waals surface area contributed by atoms with Crippen LogP contribution in [0.5, 0.6) is 0 Å². The fourth-order valence-corrected chi connectivity index (χ4v) is 3.21. The topological polar surface area (TPSA) is 17.0 Å². The Bertz CT molecular complexity index is 429. The summed E-state index contributed by atoms with van der Waals surface area (Å²) in [4.78, 5) is 0. The maximum Gasteiger partial charge on any atom is 0.441 e. The van der Waals surface area contributed by atoms with Gasteiger partial charge in [-0.2, -0.15) is 13.2 Å². The maximum atomic E-state index is 12.1. The number of thioether (sulfide) groups is 1. The van der Waals surface area contributed by atoms with Crippen LogP contribution in [-0.4, -0.2) is 22.4 Å². The molecule has 0 fully saturated rings. The third kappa shape index (κ3) is 4.45. The highest BCUT2D eigenvalue weighted by Crippen LogP contribution is 2.32. The average Bonchev–Trinajstić information content (AvgIpc) is 2.78. The second-order valence-electron chi connectivity index (χ2n) is 5.17. The van der Waals surface area contributed by atoms with Gasteiger partial charge in [0.15, 0.2) is 0 Å². The highest BCUT2D eigenvalue weighted by atomic mass is 32.2. The Kier molecular flexibility index (Phi) is 5.43. The molecule has 1 heterocycles. The van der Waals surface area contributed by atoms with E-state index in [9.17, 15) is 13.2 Å². The number of hydrogen-bond acceptors (Lipinski definition) is 2. The highest BCUT2D eigenvalue weighted by molar-refractivity contribution is 8.00.